The second-order valence-electron chi connectivity index (χ2n) is 4.87. The number of halogens is 2. The van der Waals surface area contributed by atoms with E-state index in [0.29, 0.717) is 6.54 Å². The van der Waals surface area contributed by atoms with E-state index in [4.69, 9.17) is 10.2 Å². The Bertz CT molecular complexity index is 330. The lowest BCUT2D eigenvalue weighted by atomic mass is 9.93. The summed E-state index contributed by atoms with van der Waals surface area (Å²) < 4.78 is 7.23. The molecule has 0 aliphatic carbocycles. The molecule has 0 aliphatic rings. The van der Waals surface area contributed by atoms with Crippen molar-refractivity contribution in [1.29, 1.82) is 0 Å². The molecule has 0 atom stereocenters. The fourth-order valence-corrected chi connectivity index (χ4v) is 2.25. The van der Waals surface area contributed by atoms with Crippen LogP contribution in [0.4, 0.5) is 0 Å². The van der Waals surface area contributed by atoms with Crippen LogP contribution in [0.1, 0.15) is 19.6 Å². The monoisotopic (exact) mass is 352 g/mol. The molecule has 16 heavy (non-hydrogen) atoms. The van der Waals surface area contributed by atoms with Crippen LogP contribution in [0.2, 0.25) is 0 Å². The Morgan fingerprint density at radius 2 is 2.06 bits per heavy atom. The largest absolute Gasteiger partial charge is 0.452 e. The highest BCUT2D eigenvalue weighted by molar-refractivity contribution is 9.13. The van der Waals surface area contributed by atoms with Crippen LogP contribution in [0.5, 0.6) is 0 Å². The second-order valence-corrected chi connectivity index (χ2v) is 6.45. The first kappa shape index (κ1) is 14.2. The summed E-state index contributed by atoms with van der Waals surface area (Å²) in [5.74, 6) is 0.939. The lowest BCUT2D eigenvalue weighted by Gasteiger charge is -2.28. The van der Waals surface area contributed by atoms with Crippen molar-refractivity contribution in [2.45, 2.75) is 20.4 Å². The molecule has 1 aromatic heterocycles. The molecule has 0 fully saturated rings. The average Bonchev–Trinajstić information content (AvgIpc) is 2.44. The second kappa shape index (κ2) is 5.67. The molecule has 0 unspecified atom stereocenters. The van der Waals surface area contributed by atoms with E-state index < -0.39 is 0 Å². The van der Waals surface area contributed by atoms with Crippen LogP contribution in [0.3, 0.4) is 0 Å². The van der Waals surface area contributed by atoms with E-state index in [2.05, 4.69) is 57.7 Å². The van der Waals surface area contributed by atoms with Crippen LogP contribution < -0.4 is 5.73 Å². The lowest BCUT2D eigenvalue weighted by molar-refractivity contribution is 0.197. The Kier molecular flexibility index (Phi) is 5.04. The van der Waals surface area contributed by atoms with E-state index in [1.807, 2.05) is 6.07 Å². The van der Waals surface area contributed by atoms with Crippen LogP contribution in [0.15, 0.2) is 19.6 Å². The summed E-state index contributed by atoms with van der Waals surface area (Å²) in [6.07, 6.45) is 0. The van der Waals surface area contributed by atoms with Gasteiger partial charge >= 0.3 is 0 Å². The Balaban J connectivity index is 2.54. The molecular weight excluding hydrogens is 336 g/mol. The van der Waals surface area contributed by atoms with Crippen molar-refractivity contribution in [3.8, 4) is 0 Å². The van der Waals surface area contributed by atoms with Crippen LogP contribution >= 0.6 is 31.9 Å². The van der Waals surface area contributed by atoms with Crippen molar-refractivity contribution in [3.05, 3.63) is 21.0 Å². The van der Waals surface area contributed by atoms with Gasteiger partial charge < -0.3 is 10.2 Å². The van der Waals surface area contributed by atoms with Crippen LogP contribution in [0, 0.1) is 5.41 Å². The fourth-order valence-electron chi connectivity index (χ4n) is 1.59. The zero-order valence-corrected chi connectivity index (χ0v) is 13.1. The third-order valence-electron chi connectivity index (χ3n) is 2.37. The summed E-state index contributed by atoms with van der Waals surface area (Å²) in [4.78, 5) is 2.21. The fraction of sp³-hybridized carbons (Fsp3) is 0.636. The molecule has 0 amide bonds. The standard InChI is InChI=1S/C11H18Br2N2O/c1-11(2,6-14)7-15(3)5-8-4-9(12)10(13)16-8/h4H,5-7,14H2,1-3H3. The van der Waals surface area contributed by atoms with Gasteiger partial charge in [-0.15, -0.1) is 0 Å². The first-order chi connectivity index (χ1) is 7.34. The summed E-state index contributed by atoms with van der Waals surface area (Å²) in [5, 5.41) is 0. The minimum absolute atomic E-state index is 0.135. The molecular formula is C11H18Br2N2O. The molecule has 0 aliphatic heterocycles. The van der Waals surface area contributed by atoms with Gasteiger partial charge in [0.1, 0.15) is 5.76 Å². The van der Waals surface area contributed by atoms with Gasteiger partial charge in [-0.05, 0) is 56.9 Å². The van der Waals surface area contributed by atoms with Gasteiger partial charge in [-0.25, -0.2) is 0 Å². The van der Waals surface area contributed by atoms with Gasteiger partial charge in [-0.3, -0.25) is 4.90 Å². The minimum Gasteiger partial charge on any atom is -0.452 e. The third-order valence-corrected chi connectivity index (χ3v) is 4.08. The zero-order chi connectivity index (χ0) is 12.3. The molecule has 0 bridgehead atoms. The normalized spacial score (nSPS) is 12.4. The molecule has 0 spiro atoms. The van der Waals surface area contributed by atoms with E-state index in [0.717, 1.165) is 28.0 Å². The number of furan rings is 1. The van der Waals surface area contributed by atoms with Crippen LogP contribution in [-0.4, -0.2) is 25.0 Å². The minimum atomic E-state index is 0.135. The van der Waals surface area contributed by atoms with E-state index in [1.165, 1.54) is 0 Å². The highest BCUT2D eigenvalue weighted by Gasteiger charge is 2.19. The first-order valence-electron chi connectivity index (χ1n) is 5.16. The van der Waals surface area contributed by atoms with Crippen molar-refractivity contribution < 1.29 is 4.42 Å². The van der Waals surface area contributed by atoms with E-state index in [-0.39, 0.29) is 5.41 Å². The molecule has 0 saturated heterocycles. The van der Waals surface area contributed by atoms with E-state index >= 15 is 0 Å². The van der Waals surface area contributed by atoms with Crippen molar-refractivity contribution in [1.82, 2.24) is 4.90 Å². The number of hydrogen-bond acceptors (Lipinski definition) is 3. The number of rotatable bonds is 5. The predicted octanol–water partition coefficient (Wildman–Crippen LogP) is 3.22. The molecule has 0 saturated carbocycles. The third kappa shape index (κ3) is 4.20. The summed E-state index contributed by atoms with van der Waals surface area (Å²) >= 11 is 6.73. The van der Waals surface area contributed by atoms with Crippen LogP contribution in [0.25, 0.3) is 0 Å². The molecule has 3 nitrogen and oxygen atoms in total. The Morgan fingerprint density at radius 3 is 2.50 bits per heavy atom. The maximum absolute atomic E-state index is 5.71. The quantitative estimate of drug-likeness (QED) is 0.883. The molecule has 0 radical (unpaired) electrons. The molecule has 5 heteroatoms. The van der Waals surface area contributed by atoms with E-state index in [1.54, 1.807) is 0 Å². The number of nitrogens with two attached hydrogens (primary N) is 1. The molecule has 1 heterocycles. The summed E-state index contributed by atoms with van der Waals surface area (Å²) in [6, 6.07) is 1.98. The predicted molar refractivity (Wildman–Crippen MR) is 73.3 cm³/mol. The van der Waals surface area contributed by atoms with Gasteiger partial charge in [0.15, 0.2) is 4.67 Å². The zero-order valence-electron chi connectivity index (χ0n) is 9.89. The van der Waals surface area contributed by atoms with Gasteiger partial charge in [0.2, 0.25) is 0 Å². The highest BCUT2D eigenvalue weighted by atomic mass is 79.9. The molecule has 0 aromatic carbocycles. The summed E-state index contributed by atoms with van der Waals surface area (Å²) in [7, 11) is 2.07. The molecule has 92 valence electrons. The Hall–Kier alpha value is 0.160. The Labute approximate surface area is 114 Å². The van der Waals surface area contributed by atoms with Gasteiger partial charge in [-0.2, -0.15) is 0 Å². The summed E-state index contributed by atoms with van der Waals surface area (Å²) in [5.41, 5.74) is 5.85. The smallest absolute Gasteiger partial charge is 0.183 e. The van der Waals surface area contributed by atoms with Gasteiger partial charge in [0.25, 0.3) is 0 Å². The van der Waals surface area contributed by atoms with E-state index in [9.17, 15) is 0 Å². The molecule has 1 rings (SSSR count). The van der Waals surface area contributed by atoms with Gasteiger partial charge in [0, 0.05) is 6.54 Å². The van der Waals surface area contributed by atoms with Crippen molar-refractivity contribution in [3.63, 3.8) is 0 Å². The highest BCUT2D eigenvalue weighted by Crippen LogP contribution is 2.27. The van der Waals surface area contributed by atoms with Crippen molar-refractivity contribution in [2.24, 2.45) is 11.1 Å². The van der Waals surface area contributed by atoms with Crippen LogP contribution in [-0.2, 0) is 6.54 Å². The maximum Gasteiger partial charge on any atom is 0.183 e. The molecule has 1 aromatic rings. The van der Waals surface area contributed by atoms with Gasteiger partial charge in [-0.1, -0.05) is 13.8 Å². The van der Waals surface area contributed by atoms with Crippen molar-refractivity contribution in [2.75, 3.05) is 20.1 Å². The first-order valence-corrected chi connectivity index (χ1v) is 6.75. The summed E-state index contributed by atoms with van der Waals surface area (Å²) in [6.45, 7) is 6.74. The SMILES string of the molecule is CN(Cc1cc(Br)c(Br)o1)CC(C)(C)CN. The number of hydrogen-bond donors (Lipinski definition) is 1. The maximum atomic E-state index is 5.71. The lowest BCUT2D eigenvalue weighted by Crippen LogP contribution is -2.36. The topological polar surface area (TPSA) is 42.4 Å². The average molecular weight is 354 g/mol. The van der Waals surface area contributed by atoms with Crippen molar-refractivity contribution >= 4 is 31.9 Å². The molecule has 2 N–H and O–H groups in total. The number of nitrogens with zero attached hydrogens (tertiary/aromatic N) is 1. The van der Waals surface area contributed by atoms with Gasteiger partial charge in [0.05, 0.1) is 11.0 Å². The Morgan fingerprint density at radius 1 is 1.44 bits per heavy atom.